The monoisotopic (exact) mass is 156 g/mol. The highest BCUT2D eigenvalue weighted by molar-refractivity contribution is 4.84. The predicted molar refractivity (Wildman–Crippen MR) is 48.7 cm³/mol. The standard InChI is InChI=1S/C9H20N2/c1-8(2)9(3)6-10-4-5-11-7-9/h8,10-11H,4-7H2,1-3H3. The highest BCUT2D eigenvalue weighted by Gasteiger charge is 2.28. The van der Waals surface area contributed by atoms with E-state index in [4.69, 9.17) is 0 Å². The van der Waals surface area contributed by atoms with Gasteiger partial charge in [0.15, 0.2) is 0 Å². The lowest BCUT2D eigenvalue weighted by Gasteiger charge is -2.32. The zero-order valence-corrected chi connectivity index (χ0v) is 7.91. The van der Waals surface area contributed by atoms with Gasteiger partial charge in [0.1, 0.15) is 0 Å². The molecule has 0 atom stereocenters. The van der Waals surface area contributed by atoms with Crippen molar-refractivity contribution in [3.8, 4) is 0 Å². The van der Waals surface area contributed by atoms with Crippen molar-refractivity contribution in [1.29, 1.82) is 0 Å². The number of hydrogen-bond donors (Lipinski definition) is 2. The minimum absolute atomic E-state index is 0.441. The van der Waals surface area contributed by atoms with Crippen molar-refractivity contribution in [2.45, 2.75) is 20.8 Å². The maximum atomic E-state index is 3.46. The Morgan fingerprint density at radius 1 is 1.09 bits per heavy atom. The molecule has 2 nitrogen and oxygen atoms in total. The zero-order valence-electron chi connectivity index (χ0n) is 7.91. The summed E-state index contributed by atoms with van der Waals surface area (Å²) in [5, 5.41) is 6.91. The van der Waals surface area contributed by atoms with Crippen molar-refractivity contribution >= 4 is 0 Å². The van der Waals surface area contributed by atoms with E-state index >= 15 is 0 Å². The number of hydrogen-bond acceptors (Lipinski definition) is 2. The maximum absolute atomic E-state index is 3.46. The summed E-state index contributed by atoms with van der Waals surface area (Å²) >= 11 is 0. The highest BCUT2D eigenvalue weighted by atomic mass is 15.0. The minimum Gasteiger partial charge on any atom is -0.315 e. The molecule has 0 bridgehead atoms. The molecule has 1 aliphatic heterocycles. The summed E-state index contributed by atoms with van der Waals surface area (Å²) in [7, 11) is 0. The molecule has 0 aromatic heterocycles. The Labute approximate surface area is 69.8 Å². The molecule has 0 amide bonds. The average Bonchev–Trinajstić information content (AvgIpc) is 2.15. The summed E-state index contributed by atoms with van der Waals surface area (Å²) in [4.78, 5) is 0. The second-order valence-corrected chi connectivity index (χ2v) is 4.16. The lowest BCUT2D eigenvalue weighted by atomic mass is 9.79. The Morgan fingerprint density at radius 2 is 1.55 bits per heavy atom. The van der Waals surface area contributed by atoms with E-state index in [1.165, 1.54) is 0 Å². The third-order valence-electron chi connectivity index (χ3n) is 2.93. The van der Waals surface area contributed by atoms with Gasteiger partial charge in [0.25, 0.3) is 0 Å². The van der Waals surface area contributed by atoms with Crippen molar-refractivity contribution in [1.82, 2.24) is 10.6 Å². The van der Waals surface area contributed by atoms with Crippen molar-refractivity contribution in [2.24, 2.45) is 11.3 Å². The van der Waals surface area contributed by atoms with Gasteiger partial charge in [-0.15, -0.1) is 0 Å². The molecular weight excluding hydrogens is 136 g/mol. The van der Waals surface area contributed by atoms with Crippen LogP contribution < -0.4 is 10.6 Å². The van der Waals surface area contributed by atoms with Crippen molar-refractivity contribution in [3.63, 3.8) is 0 Å². The van der Waals surface area contributed by atoms with E-state index in [0.29, 0.717) is 5.41 Å². The molecule has 1 aliphatic rings. The largest absolute Gasteiger partial charge is 0.315 e. The van der Waals surface area contributed by atoms with Gasteiger partial charge in [-0.2, -0.15) is 0 Å². The first-order chi connectivity index (χ1) is 5.15. The smallest absolute Gasteiger partial charge is 0.00769 e. The summed E-state index contributed by atoms with van der Waals surface area (Å²) in [5.74, 6) is 0.751. The molecule has 1 rings (SSSR count). The molecule has 0 aromatic rings. The van der Waals surface area contributed by atoms with E-state index in [2.05, 4.69) is 31.4 Å². The highest BCUT2D eigenvalue weighted by Crippen LogP contribution is 2.25. The molecule has 66 valence electrons. The topological polar surface area (TPSA) is 24.1 Å². The van der Waals surface area contributed by atoms with E-state index in [0.717, 1.165) is 32.1 Å². The van der Waals surface area contributed by atoms with Crippen LogP contribution in [-0.4, -0.2) is 26.2 Å². The first-order valence-corrected chi connectivity index (χ1v) is 4.56. The molecule has 2 heteroatoms. The summed E-state index contributed by atoms with van der Waals surface area (Å²) in [6, 6.07) is 0. The first kappa shape index (κ1) is 9.01. The van der Waals surface area contributed by atoms with Crippen molar-refractivity contribution in [3.05, 3.63) is 0 Å². The molecule has 1 saturated heterocycles. The van der Waals surface area contributed by atoms with Crippen LogP contribution in [0.1, 0.15) is 20.8 Å². The molecule has 1 heterocycles. The van der Waals surface area contributed by atoms with Gasteiger partial charge < -0.3 is 10.6 Å². The van der Waals surface area contributed by atoms with Crippen LogP contribution in [0.2, 0.25) is 0 Å². The fourth-order valence-electron chi connectivity index (χ4n) is 1.40. The van der Waals surface area contributed by atoms with Gasteiger partial charge >= 0.3 is 0 Å². The third kappa shape index (κ3) is 2.17. The summed E-state index contributed by atoms with van der Waals surface area (Å²) in [6.45, 7) is 11.5. The Morgan fingerprint density at radius 3 is 1.91 bits per heavy atom. The van der Waals surface area contributed by atoms with Gasteiger partial charge in [-0.1, -0.05) is 20.8 Å². The lowest BCUT2D eigenvalue weighted by molar-refractivity contribution is 0.219. The molecule has 11 heavy (non-hydrogen) atoms. The van der Waals surface area contributed by atoms with Crippen LogP contribution in [-0.2, 0) is 0 Å². The van der Waals surface area contributed by atoms with E-state index in [-0.39, 0.29) is 0 Å². The van der Waals surface area contributed by atoms with Gasteiger partial charge in [-0.3, -0.25) is 0 Å². The van der Waals surface area contributed by atoms with Crippen molar-refractivity contribution in [2.75, 3.05) is 26.2 Å². The number of rotatable bonds is 1. The molecule has 0 aromatic carbocycles. The normalized spacial score (nSPS) is 25.1. The van der Waals surface area contributed by atoms with Gasteiger partial charge in [0, 0.05) is 26.2 Å². The molecule has 1 fully saturated rings. The molecule has 0 unspecified atom stereocenters. The predicted octanol–water partition coefficient (Wildman–Crippen LogP) is 0.842. The number of nitrogens with one attached hydrogen (secondary N) is 2. The van der Waals surface area contributed by atoms with Crippen LogP contribution in [0.5, 0.6) is 0 Å². The Hall–Kier alpha value is -0.0800. The van der Waals surface area contributed by atoms with Crippen LogP contribution in [0, 0.1) is 11.3 Å². The average molecular weight is 156 g/mol. The first-order valence-electron chi connectivity index (χ1n) is 4.56. The Kier molecular flexibility index (Phi) is 2.90. The van der Waals surface area contributed by atoms with Crippen LogP contribution in [0.15, 0.2) is 0 Å². The van der Waals surface area contributed by atoms with E-state index < -0.39 is 0 Å². The summed E-state index contributed by atoms with van der Waals surface area (Å²) in [5.41, 5.74) is 0.441. The van der Waals surface area contributed by atoms with Gasteiger partial charge in [-0.05, 0) is 11.3 Å². The maximum Gasteiger partial charge on any atom is 0.00769 e. The molecular formula is C9H20N2. The van der Waals surface area contributed by atoms with Gasteiger partial charge in [0.05, 0.1) is 0 Å². The molecule has 0 aliphatic carbocycles. The van der Waals surface area contributed by atoms with Crippen LogP contribution in [0.25, 0.3) is 0 Å². The molecule has 0 spiro atoms. The van der Waals surface area contributed by atoms with Gasteiger partial charge in [-0.25, -0.2) is 0 Å². The SMILES string of the molecule is CC(C)C1(C)CNCCNC1. The van der Waals surface area contributed by atoms with Crippen LogP contribution in [0.3, 0.4) is 0 Å². The quantitative estimate of drug-likeness (QED) is 0.588. The fourth-order valence-corrected chi connectivity index (χ4v) is 1.40. The zero-order chi connectivity index (χ0) is 8.32. The molecule has 0 radical (unpaired) electrons. The van der Waals surface area contributed by atoms with Crippen LogP contribution in [0.4, 0.5) is 0 Å². The Balaban J connectivity index is 2.52. The third-order valence-corrected chi connectivity index (χ3v) is 2.93. The second kappa shape index (κ2) is 3.55. The lowest BCUT2D eigenvalue weighted by Crippen LogP contribution is -2.39. The van der Waals surface area contributed by atoms with Crippen LogP contribution >= 0.6 is 0 Å². The van der Waals surface area contributed by atoms with Gasteiger partial charge in [0.2, 0.25) is 0 Å². The molecule has 2 N–H and O–H groups in total. The molecule has 0 saturated carbocycles. The summed E-state index contributed by atoms with van der Waals surface area (Å²) in [6.07, 6.45) is 0. The second-order valence-electron chi connectivity index (χ2n) is 4.16. The van der Waals surface area contributed by atoms with E-state index in [1.807, 2.05) is 0 Å². The fraction of sp³-hybridized carbons (Fsp3) is 1.00. The Bertz CT molecular complexity index is 113. The van der Waals surface area contributed by atoms with Crippen molar-refractivity contribution < 1.29 is 0 Å². The van der Waals surface area contributed by atoms with E-state index in [9.17, 15) is 0 Å². The minimum atomic E-state index is 0.441. The summed E-state index contributed by atoms with van der Waals surface area (Å²) < 4.78 is 0. The van der Waals surface area contributed by atoms with E-state index in [1.54, 1.807) is 0 Å².